The number of rotatable bonds is 7. The molecule has 0 bridgehead atoms. The van der Waals surface area contributed by atoms with E-state index in [9.17, 15) is 13.2 Å². The van der Waals surface area contributed by atoms with Gasteiger partial charge in [0, 0.05) is 31.7 Å². The van der Waals surface area contributed by atoms with Crippen LogP contribution < -0.4 is 4.90 Å². The maximum absolute atomic E-state index is 12.7. The van der Waals surface area contributed by atoms with E-state index in [1.165, 1.54) is 9.87 Å². The Labute approximate surface area is 159 Å². The minimum atomic E-state index is -3.47. The number of amides is 1. The van der Waals surface area contributed by atoms with E-state index in [4.69, 9.17) is 0 Å². The van der Waals surface area contributed by atoms with E-state index in [2.05, 4.69) is 5.38 Å². The second-order valence-corrected chi connectivity index (χ2v) is 9.02. The lowest BCUT2D eigenvalue weighted by Gasteiger charge is -2.20. The highest BCUT2D eigenvalue weighted by Crippen LogP contribution is 2.31. The number of carbonyl (C=O) groups excluding carboxylic acids is 1. The van der Waals surface area contributed by atoms with Crippen LogP contribution in [-0.2, 0) is 27.7 Å². The molecule has 0 unspecified atom stereocenters. The van der Waals surface area contributed by atoms with Gasteiger partial charge in [-0.25, -0.2) is 8.42 Å². The first-order valence-corrected chi connectivity index (χ1v) is 11.3. The maximum Gasteiger partial charge on any atom is 0.243 e. The summed E-state index contributed by atoms with van der Waals surface area (Å²) < 4.78 is 26.8. The summed E-state index contributed by atoms with van der Waals surface area (Å²) in [6.07, 6.45) is 1.90. The van der Waals surface area contributed by atoms with Gasteiger partial charge < -0.3 is 4.90 Å². The molecule has 0 N–H and O–H groups in total. The first kappa shape index (κ1) is 19.1. The number of hydrogen-bond acceptors (Lipinski definition) is 4. The van der Waals surface area contributed by atoms with Crippen LogP contribution in [0.25, 0.3) is 0 Å². The van der Waals surface area contributed by atoms with E-state index in [0.717, 1.165) is 17.7 Å². The fourth-order valence-corrected chi connectivity index (χ4v) is 5.54. The molecule has 3 rings (SSSR count). The van der Waals surface area contributed by atoms with Crippen molar-refractivity contribution in [2.75, 3.05) is 24.5 Å². The third-order valence-corrected chi connectivity index (χ3v) is 7.58. The number of aryl methyl sites for hydroxylation is 1. The Morgan fingerprint density at radius 1 is 1.23 bits per heavy atom. The summed E-state index contributed by atoms with van der Waals surface area (Å²) >= 11 is 1.64. The Bertz CT molecular complexity index is 872. The lowest BCUT2D eigenvalue weighted by atomic mass is 10.1. The third kappa shape index (κ3) is 3.70. The van der Waals surface area contributed by atoms with Crippen LogP contribution in [0.5, 0.6) is 0 Å². The summed E-state index contributed by atoms with van der Waals surface area (Å²) in [5.41, 5.74) is 2.96. The predicted molar refractivity (Wildman–Crippen MR) is 105 cm³/mol. The van der Waals surface area contributed by atoms with Crippen molar-refractivity contribution in [3.8, 4) is 0 Å². The van der Waals surface area contributed by atoms with E-state index in [0.29, 0.717) is 37.4 Å². The van der Waals surface area contributed by atoms with Crippen molar-refractivity contribution >= 4 is 33.0 Å². The van der Waals surface area contributed by atoms with Crippen LogP contribution in [0.4, 0.5) is 5.69 Å². The van der Waals surface area contributed by atoms with E-state index < -0.39 is 10.0 Å². The molecule has 0 saturated carbocycles. The Hall–Kier alpha value is -1.70. The molecule has 1 aromatic heterocycles. The van der Waals surface area contributed by atoms with Crippen LogP contribution in [-0.4, -0.2) is 38.3 Å². The van der Waals surface area contributed by atoms with Crippen molar-refractivity contribution in [2.45, 2.75) is 38.0 Å². The summed E-state index contributed by atoms with van der Waals surface area (Å²) in [6, 6.07) is 7.17. The molecular weight excluding hydrogens is 368 g/mol. The third-order valence-electron chi connectivity index (χ3n) is 4.80. The highest BCUT2D eigenvalue weighted by molar-refractivity contribution is 7.89. The molecule has 2 heterocycles. The molecule has 0 radical (unpaired) electrons. The number of sulfonamides is 1. The highest BCUT2D eigenvalue weighted by Gasteiger charge is 2.28. The molecule has 5 nitrogen and oxygen atoms in total. The minimum absolute atomic E-state index is 0.0919. The van der Waals surface area contributed by atoms with Crippen molar-refractivity contribution in [1.82, 2.24) is 4.31 Å². The average Bonchev–Trinajstić information content (AvgIpc) is 3.29. The molecule has 1 amide bonds. The Balaban J connectivity index is 1.76. The van der Waals surface area contributed by atoms with Crippen LogP contribution in [0.1, 0.15) is 31.4 Å². The van der Waals surface area contributed by atoms with Crippen molar-refractivity contribution in [3.05, 3.63) is 46.2 Å². The fourth-order valence-electron chi connectivity index (χ4n) is 3.33. The molecule has 0 saturated heterocycles. The van der Waals surface area contributed by atoms with E-state index in [1.54, 1.807) is 34.4 Å². The second-order valence-electron chi connectivity index (χ2n) is 6.31. The van der Waals surface area contributed by atoms with Crippen LogP contribution in [0, 0.1) is 0 Å². The van der Waals surface area contributed by atoms with E-state index in [-0.39, 0.29) is 5.91 Å². The normalized spacial score (nSPS) is 14.0. The van der Waals surface area contributed by atoms with Gasteiger partial charge in [-0.2, -0.15) is 15.6 Å². The summed E-state index contributed by atoms with van der Waals surface area (Å²) in [5.74, 6) is 0.0919. The van der Waals surface area contributed by atoms with Gasteiger partial charge in [-0.05, 0) is 59.0 Å². The van der Waals surface area contributed by atoms with Crippen molar-refractivity contribution in [1.29, 1.82) is 0 Å². The molecule has 0 aliphatic carbocycles. The Morgan fingerprint density at radius 3 is 2.65 bits per heavy atom. The van der Waals surface area contributed by atoms with Gasteiger partial charge in [0.05, 0.1) is 4.90 Å². The topological polar surface area (TPSA) is 57.7 Å². The molecule has 140 valence electrons. The number of fused-ring (bicyclic) bond motifs is 1. The largest absolute Gasteiger partial charge is 0.312 e. The van der Waals surface area contributed by atoms with Gasteiger partial charge in [-0.1, -0.05) is 13.8 Å². The average molecular weight is 393 g/mol. The maximum atomic E-state index is 12.7. The SMILES string of the molecule is CCN(CC)S(=O)(=O)c1ccc2c(c1)CCN2C(=O)CCc1ccsc1. The van der Waals surface area contributed by atoms with Crippen LogP contribution in [0.15, 0.2) is 39.9 Å². The number of carbonyl (C=O) groups is 1. The lowest BCUT2D eigenvalue weighted by Crippen LogP contribution is -2.30. The summed E-state index contributed by atoms with van der Waals surface area (Å²) in [7, 11) is -3.47. The highest BCUT2D eigenvalue weighted by atomic mass is 32.2. The molecule has 0 spiro atoms. The quantitative estimate of drug-likeness (QED) is 0.726. The van der Waals surface area contributed by atoms with Gasteiger partial charge >= 0.3 is 0 Å². The van der Waals surface area contributed by atoms with Crippen molar-refractivity contribution in [3.63, 3.8) is 0 Å². The lowest BCUT2D eigenvalue weighted by molar-refractivity contribution is -0.118. The molecule has 1 aromatic carbocycles. The summed E-state index contributed by atoms with van der Waals surface area (Å²) in [4.78, 5) is 14.7. The zero-order chi connectivity index (χ0) is 18.7. The van der Waals surface area contributed by atoms with Gasteiger partial charge in [0.1, 0.15) is 0 Å². The van der Waals surface area contributed by atoms with Crippen LogP contribution in [0.3, 0.4) is 0 Å². The van der Waals surface area contributed by atoms with Crippen molar-refractivity contribution < 1.29 is 13.2 Å². The van der Waals surface area contributed by atoms with E-state index >= 15 is 0 Å². The van der Waals surface area contributed by atoms with Gasteiger partial charge in [0.15, 0.2) is 0 Å². The molecule has 1 aliphatic rings. The molecule has 7 heteroatoms. The standard InChI is InChI=1S/C19H24N2O3S2/c1-3-20(4-2)26(23,24)17-6-7-18-16(13-17)9-11-21(18)19(22)8-5-15-10-12-25-14-15/h6-7,10,12-14H,3-5,8-9,11H2,1-2H3. The second kappa shape index (κ2) is 7.90. The van der Waals surface area contributed by atoms with Crippen LogP contribution in [0.2, 0.25) is 0 Å². The zero-order valence-corrected chi connectivity index (χ0v) is 16.8. The van der Waals surface area contributed by atoms with Crippen LogP contribution >= 0.6 is 11.3 Å². The number of nitrogens with zero attached hydrogens (tertiary/aromatic N) is 2. The Morgan fingerprint density at radius 2 is 2.00 bits per heavy atom. The summed E-state index contributed by atoms with van der Waals surface area (Å²) in [6.45, 7) is 5.18. The van der Waals surface area contributed by atoms with E-state index in [1.807, 2.05) is 25.3 Å². The number of thiophene rings is 1. The van der Waals surface area contributed by atoms with Crippen molar-refractivity contribution in [2.24, 2.45) is 0 Å². The number of hydrogen-bond donors (Lipinski definition) is 0. The molecular formula is C19H24N2O3S2. The first-order valence-electron chi connectivity index (χ1n) is 8.92. The number of anilines is 1. The predicted octanol–water partition coefficient (Wildman–Crippen LogP) is 3.30. The minimum Gasteiger partial charge on any atom is -0.312 e. The van der Waals surface area contributed by atoms with Gasteiger partial charge in [0.25, 0.3) is 0 Å². The summed E-state index contributed by atoms with van der Waals surface area (Å²) in [5, 5.41) is 4.08. The van der Waals surface area contributed by atoms with Gasteiger partial charge in [-0.15, -0.1) is 0 Å². The molecule has 2 aromatic rings. The molecule has 0 fully saturated rings. The number of benzene rings is 1. The fraction of sp³-hybridized carbons (Fsp3) is 0.421. The molecule has 1 aliphatic heterocycles. The Kier molecular flexibility index (Phi) is 5.79. The van der Waals surface area contributed by atoms with Gasteiger partial charge in [0.2, 0.25) is 15.9 Å². The zero-order valence-electron chi connectivity index (χ0n) is 15.1. The molecule has 0 atom stereocenters. The van der Waals surface area contributed by atoms with Gasteiger partial charge in [-0.3, -0.25) is 4.79 Å². The first-order chi connectivity index (χ1) is 12.5. The molecule has 26 heavy (non-hydrogen) atoms. The monoisotopic (exact) mass is 392 g/mol. The smallest absolute Gasteiger partial charge is 0.243 e.